The molecule has 0 aliphatic carbocycles. The Balaban J connectivity index is 1.44. The molecule has 3 aromatic heterocycles. The van der Waals surface area contributed by atoms with E-state index in [9.17, 15) is 9.18 Å². The zero-order chi connectivity index (χ0) is 19.8. The molecular weight excluding hydrogens is 393 g/mol. The number of anilines is 1. The van der Waals surface area contributed by atoms with E-state index in [4.69, 9.17) is 4.52 Å². The van der Waals surface area contributed by atoms with Gasteiger partial charge in [-0.3, -0.25) is 9.89 Å². The van der Waals surface area contributed by atoms with Gasteiger partial charge in [0.1, 0.15) is 10.7 Å². The van der Waals surface area contributed by atoms with Crippen molar-refractivity contribution in [2.45, 2.75) is 0 Å². The van der Waals surface area contributed by atoms with Gasteiger partial charge in [0.15, 0.2) is 5.69 Å². The molecule has 0 saturated carbocycles. The molecule has 7 nitrogen and oxygen atoms in total. The Hall–Kier alpha value is -3.85. The van der Waals surface area contributed by atoms with E-state index in [2.05, 4.69) is 25.7 Å². The molecule has 1 amide bonds. The van der Waals surface area contributed by atoms with Crippen molar-refractivity contribution >= 4 is 33.8 Å². The van der Waals surface area contributed by atoms with Gasteiger partial charge in [0.25, 0.3) is 11.8 Å². The van der Waals surface area contributed by atoms with Crippen molar-refractivity contribution in [3.05, 3.63) is 71.5 Å². The monoisotopic (exact) mass is 405 g/mol. The third-order valence-corrected chi connectivity index (χ3v) is 5.20. The van der Waals surface area contributed by atoms with Crippen LogP contribution in [0.3, 0.4) is 0 Å². The Labute approximate surface area is 167 Å². The molecule has 0 aliphatic heterocycles. The summed E-state index contributed by atoms with van der Waals surface area (Å²) in [7, 11) is 0. The number of hydrogen-bond donors (Lipinski definition) is 2. The molecule has 0 fully saturated rings. The molecule has 0 bridgehead atoms. The number of para-hydroxylation sites is 1. The molecule has 0 spiro atoms. The first-order valence-electron chi connectivity index (χ1n) is 8.61. The topological polar surface area (TPSA) is 96.7 Å². The summed E-state index contributed by atoms with van der Waals surface area (Å²) in [6, 6.07) is 15.1. The number of H-pyrrole nitrogens is 1. The van der Waals surface area contributed by atoms with E-state index in [1.54, 1.807) is 23.6 Å². The van der Waals surface area contributed by atoms with Crippen LogP contribution >= 0.6 is 11.3 Å². The van der Waals surface area contributed by atoms with Crippen molar-refractivity contribution in [3.63, 3.8) is 0 Å². The minimum absolute atomic E-state index is 0.237. The van der Waals surface area contributed by atoms with Crippen molar-refractivity contribution in [2.75, 3.05) is 5.32 Å². The normalized spacial score (nSPS) is 11.1. The number of carbonyl (C=O) groups excluding carboxylic acids is 1. The Bertz CT molecular complexity index is 1340. The van der Waals surface area contributed by atoms with Crippen LogP contribution in [0.15, 0.2) is 64.5 Å². The van der Waals surface area contributed by atoms with Crippen LogP contribution in [0.1, 0.15) is 10.5 Å². The fourth-order valence-corrected chi connectivity index (χ4v) is 3.72. The van der Waals surface area contributed by atoms with Crippen LogP contribution in [0.4, 0.5) is 10.1 Å². The number of thiophene rings is 1. The highest BCUT2D eigenvalue weighted by Crippen LogP contribution is 2.34. The van der Waals surface area contributed by atoms with E-state index in [0.717, 1.165) is 10.9 Å². The Morgan fingerprint density at radius 3 is 2.93 bits per heavy atom. The van der Waals surface area contributed by atoms with E-state index in [-0.39, 0.29) is 23.4 Å². The second-order valence-electron chi connectivity index (χ2n) is 6.17. The molecule has 0 aliphatic rings. The summed E-state index contributed by atoms with van der Waals surface area (Å²) in [5.74, 6) is -0.235. The number of fused-ring (bicyclic) bond motifs is 1. The van der Waals surface area contributed by atoms with Crippen molar-refractivity contribution in [3.8, 4) is 22.2 Å². The highest BCUT2D eigenvalue weighted by atomic mass is 32.1. The molecule has 5 rings (SSSR count). The molecular formula is C20H12FN5O2S. The fraction of sp³-hybridized carbons (Fsp3) is 0. The Morgan fingerprint density at radius 2 is 2.03 bits per heavy atom. The second-order valence-corrected chi connectivity index (χ2v) is 7.08. The average molecular weight is 405 g/mol. The number of amides is 1. The van der Waals surface area contributed by atoms with Gasteiger partial charge < -0.3 is 9.84 Å². The van der Waals surface area contributed by atoms with E-state index in [1.807, 2.05) is 24.3 Å². The lowest BCUT2D eigenvalue weighted by Gasteiger charge is -2.02. The highest BCUT2D eigenvalue weighted by molar-refractivity contribution is 7.14. The van der Waals surface area contributed by atoms with Crippen LogP contribution in [-0.2, 0) is 0 Å². The third kappa shape index (κ3) is 3.17. The first-order valence-corrected chi connectivity index (χ1v) is 9.49. The summed E-state index contributed by atoms with van der Waals surface area (Å²) >= 11 is 1.34. The highest BCUT2D eigenvalue weighted by Gasteiger charge is 2.20. The summed E-state index contributed by atoms with van der Waals surface area (Å²) < 4.78 is 18.8. The number of hydrogen-bond acceptors (Lipinski definition) is 6. The number of halogens is 1. The largest absolute Gasteiger partial charge is 0.333 e. The van der Waals surface area contributed by atoms with Crippen molar-refractivity contribution in [1.29, 1.82) is 0 Å². The number of benzene rings is 2. The predicted molar refractivity (Wildman–Crippen MR) is 107 cm³/mol. The molecule has 0 radical (unpaired) electrons. The summed E-state index contributed by atoms with van der Waals surface area (Å²) in [4.78, 5) is 17.7. The van der Waals surface area contributed by atoms with Gasteiger partial charge in [-0.25, -0.2) is 4.39 Å². The fourth-order valence-electron chi connectivity index (χ4n) is 2.95. The third-order valence-electron chi connectivity index (χ3n) is 4.30. The molecule has 2 N–H and O–H groups in total. The van der Waals surface area contributed by atoms with Gasteiger partial charge in [0.05, 0.1) is 11.2 Å². The zero-order valence-corrected chi connectivity index (χ0v) is 15.5. The summed E-state index contributed by atoms with van der Waals surface area (Å²) in [6.07, 6.45) is 0. The SMILES string of the molecule is O=C(Nc1ccsc1-c1nc(-c2cccc(F)c2)no1)c1n[nH]c2ccccc12. The van der Waals surface area contributed by atoms with Gasteiger partial charge in [0, 0.05) is 10.9 Å². The number of nitrogens with one attached hydrogen (secondary N) is 2. The van der Waals surface area contributed by atoms with Gasteiger partial charge >= 0.3 is 0 Å². The van der Waals surface area contributed by atoms with E-state index >= 15 is 0 Å². The lowest BCUT2D eigenvalue weighted by Crippen LogP contribution is -2.12. The quantitative estimate of drug-likeness (QED) is 0.450. The minimum atomic E-state index is -0.385. The zero-order valence-electron chi connectivity index (χ0n) is 14.7. The average Bonchev–Trinajstić information content (AvgIpc) is 3.47. The van der Waals surface area contributed by atoms with Crippen LogP contribution in [0.25, 0.3) is 33.1 Å². The molecule has 0 unspecified atom stereocenters. The van der Waals surface area contributed by atoms with Crippen LogP contribution in [-0.4, -0.2) is 26.2 Å². The summed E-state index contributed by atoms with van der Waals surface area (Å²) in [5, 5.41) is 16.2. The number of aromatic amines is 1. The van der Waals surface area contributed by atoms with Crippen LogP contribution < -0.4 is 5.32 Å². The van der Waals surface area contributed by atoms with Crippen molar-refractivity contribution < 1.29 is 13.7 Å². The van der Waals surface area contributed by atoms with Gasteiger partial charge in [-0.1, -0.05) is 35.5 Å². The van der Waals surface area contributed by atoms with Gasteiger partial charge in [0.2, 0.25) is 5.82 Å². The molecule has 5 aromatic rings. The maximum atomic E-state index is 13.4. The Morgan fingerprint density at radius 1 is 1.14 bits per heavy atom. The molecule has 0 saturated heterocycles. The van der Waals surface area contributed by atoms with Gasteiger partial charge in [-0.2, -0.15) is 10.1 Å². The minimum Gasteiger partial charge on any atom is -0.333 e. The number of carbonyl (C=O) groups is 1. The van der Waals surface area contributed by atoms with E-state index in [1.165, 1.54) is 23.5 Å². The van der Waals surface area contributed by atoms with E-state index < -0.39 is 0 Å². The standard InChI is InChI=1S/C20H12FN5O2S/c21-12-5-3-4-11(10-12)18-23-20(28-26-18)17-15(8-9-29-17)22-19(27)16-13-6-1-2-7-14(13)24-25-16/h1-10H,(H,22,27)(H,24,25). The molecule has 0 atom stereocenters. The number of aromatic nitrogens is 4. The van der Waals surface area contributed by atoms with Crippen LogP contribution in [0, 0.1) is 5.82 Å². The first-order chi connectivity index (χ1) is 14.2. The molecule has 29 heavy (non-hydrogen) atoms. The van der Waals surface area contributed by atoms with Crippen LogP contribution in [0.5, 0.6) is 0 Å². The predicted octanol–water partition coefficient (Wildman–Crippen LogP) is 4.73. The summed E-state index contributed by atoms with van der Waals surface area (Å²) in [5.41, 5.74) is 2.11. The second kappa shape index (κ2) is 6.95. The van der Waals surface area contributed by atoms with Crippen molar-refractivity contribution in [2.24, 2.45) is 0 Å². The molecule has 9 heteroatoms. The Kier molecular flexibility index (Phi) is 4.14. The maximum Gasteiger partial charge on any atom is 0.276 e. The molecule has 3 heterocycles. The van der Waals surface area contributed by atoms with Crippen molar-refractivity contribution in [1.82, 2.24) is 20.3 Å². The first kappa shape index (κ1) is 17.3. The molecule has 142 valence electrons. The van der Waals surface area contributed by atoms with E-state index in [0.29, 0.717) is 21.8 Å². The van der Waals surface area contributed by atoms with Gasteiger partial charge in [-0.15, -0.1) is 11.3 Å². The number of rotatable bonds is 4. The summed E-state index contributed by atoms with van der Waals surface area (Å²) in [6.45, 7) is 0. The molecule has 2 aromatic carbocycles. The lowest BCUT2D eigenvalue weighted by atomic mass is 10.2. The maximum absolute atomic E-state index is 13.4. The smallest absolute Gasteiger partial charge is 0.276 e. The lowest BCUT2D eigenvalue weighted by molar-refractivity contribution is 0.102. The van der Waals surface area contributed by atoms with Gasteiger partial charge in [-0.05, 0) is 29.6 Å². The number of nitrogens with zero attached hydrogens (tertiary/aromatic N) is 3. The van der Waals surface area contributed by atoms with Crippen LogP contribution in [0.2, 0.25) is 0 Å².